The Morgan fingerprint density at radius 3 is 2.57 bits per heavy atom. The molecule has 2 rings (SSSR count). The third kappa shape index (κ3) is 5.40. The smallest absolute Gasteiger partial charge is 0.346 e. The van der Waals surface area contributed by atoms with Crippen LogP contribution in [0.25, 0.3) is 0 Å². The molecule has 0 unspecified atom stereocenters. The summed E-state index contributed by atoms with van der Waals surface area (Å²) in [5.41, 5.74) is -0.786. The molecule has 0 radical (unpaired) electrons. The highest BCUT2D eigenvalue weighted by Gasteiger charge is 2.32. The summed E-state index contributed by atoms with van der Waals surface area (Å²) in [6.07, 6.45) is 1.93. The summed E-state index contributed by atoms with van der Waals surface area (Å²) in [4.78, 5) is 35.9. The van der Waals surface area contributed by atoms with Crippen molar-refractivity contribution >= 4 is 17.6 Å². The predicted molar refractivity (Wildman–Crippen MR) is 110 cm³/mol. The van der Waals surface area contributed by atoms with E-state index in [9.17, 15) is 19.7 Å². The molecule has 1 N–H and O–H groups in total. The minimum Gasteiger partial charge on any atom is -0.493 e. The third-order valence-corrected chi connectivity index (χ3v) is 5.69. The molecule has 9 heteroatoms. The molecule has 1 amide bonds. The van der Waals surface area contributed by atoms with Gasteiger partial charge in [0.05, 0.1) is 24.7 Å². The number of nitrogens with one attached hydrogen (secondary N) is 1. The van der Waals surface area contributed by atoms with Gasteiger partial charge in [0.2, 0.25) is 0 Å². The van der Waals surface area contributed by atoms with Crippen molar-refractivity contribution in [3.63, 3.8) is 0 Å². The summed E-state index contributed by atoms with van der Waals surface area (Å²) in [6.45, 7) is 7.70. The van der Waals surface area contributed by atoms with Gasteiger partial charge in [0.15, 0.2) is 17.6 Å². The van der Waals surface area contributed by atoms with Gasteiger partial charge in [-0.3, -0.25) is 14.9 Å². The molecular weight excluding hydrogens is 392 g/mol. The van der Waals surface area contributed by atoms with E-state index in [4.69, 9.17) is 14.2 Å². The molecule has 4 atom stereocenters. The molecule has 9 nitrogen and oxygen atoms in total. The molecule has 0 aliphatic heterocycles. The molecule has 166 valence electrons. The van der Waals surface area contributed by atoms with Crippen molar-refractivity contribution in [2.75, 3.05) is 13.7 Å². The van der Waals surface area contributed by atoms with Crippen LogP contribution in [-0.4, -0.2) is 42.7 Å². The van der Waals surface area contributed by atoms with Crippen LogP contribution in [0, 0.1) is 22.0 Å². The molecule has 0 heterocycles. The van der Waals surface area contributed by atoms with E-state index >= 15 is 0 Å². The van der Waals surface area contributed by atoms with Gasteiger partial charge >= 0.3 is 5.97 Å². The first kappa shape index (κ1) is 23.4. The van der Waals surface area contributed by atoms with E-state index in [0.717, 1.165) is 25.3 Å². The highest BCUT2D eigenvalue weighted by molar-refractivity contribution is 5.96. The van der Waals surface area contributed by atoms with Gasteiger partial charge in [-0.15, -0.1) is 0 Å². The number of hydrogen-bond donors (Lipinski definition) is 1. The number of methoxy groups -OCH3 is 1. The lowest BCUT2D eigenvalue weighted by molar-refractivity contribution is -0.385. The van der Waals surface area contributed by atoms with Crippen LogP contribution in [0.2, 0.25) is 0 Å². The number of ether oxygens (including phenoxy) is 3. The minimum atomic E-state index is -1.10. The number of amides is 1. The average molecular weight is 422 g/mol. The lowest BCUT2D eigenvalue weighted by atomic mass is 9.78. The Balaban J connectivity index is 2.15. The molecule has 1 aliphatic carbocycles. The fraction of sp³-hybridized carbons (Fsp3) is 0.619. The highest BCUT2D eigenvalue weighted by atomic mass is 16.6. The zero-order valence-electron chi connectivity index (χ0n) is 18.1. The van der Waals surface area contributed by atoms with E-state index in [0.29, 0.717) is 11.8 Å². The number of nitrogens with zero attached hydrogens (tertiary/aromatic N) is 1. The van der Waals surface area contributed by atoms with Gasteiger partial charge in [0, 0.05) is 12.1 Å². The molecule has 1 aromatic carbocycles. The van der Waals surface area contributed by atoms with Crippen molar-refractivity contribution in [1.82, 2.24) is 5.32 Å². The van der Waals surface area contributed by atoms with Crippen LogP contribution in [0.3, 0.4) is 0 Å². The Labute approximate surface area is 176 Å². The lowest BCUT2D eigenvalue weighted by Gasteiger charge is -2.35. The van der Waals surface area contributed by atoms with Crippen LogP contribution >= 0.6 is 0 Å². The van der Waals surface area contributed by atoms with Crippen molar-refractivity contribution in [3.05, 3.63) is 27.8 Å². The number of carbonyl (C=O) groups excluding carboxylic acids is 2. The van der Waals surface area contributed by atoms with Crippen LogP contribution in [0.15, 0.2) is 12.1 Å². The first-order valence-corrected chi connectivity index (χ1v) is 10.2. The number of esters is 1. The van der Waals surface area contributed by atoms with E-state index in [1.165, 1.54) is 20.1 Å². The molecule has 0 bridgehead atoms. The van der Waals surface area contributed by atoms with Crippen LogP contribution in [-0.2, 0) is 9.53 Å². The number of carbonyl (C=O) groups is 2. The fourth-order valence-electron chi connectivity index (χ4n) is 3.65. The Bertz CT molecular complexity index is 796. The van der Waals surface area contributed by atoms with Crippen LogP contribution in [0.1, 0.15) is 57.3 Å². The highest BCUT2D eigenvalue weighted by Crippen LogP contribution is 2.35. The second-order valence-corrected chi connectivity index (χ2v) is 7.64. The normalized spacial score (nSPS) is 22.0. The summed E-state index contributed by atoms with van der Waals surface area (Å²) in [5.74, 6) is -0.264. The van der Waals surface area contributed by atoms with Gasteiger partial charge < -0.3 is 19.5 Å². The minimum absolute atomic E-state index is 0.0160. The zero-order chi connectivity index (χ0) is 22.4. The van der Waals surface area contributed by atoms with Crippen molar-refractivity contribution in [1.29, 1.82) is 0 Å². The maximum atomic E-state index is 12.6. The van der Waals surface area contributed by atoms with Gasteiger partial charge in [-0.2, -0.15) is 0 Å². The van der Waals surface area contributed by atoms with E-state index in [-0.39, 0.29) is 29.7 Å². The number of benzene rings is 1. The van der Waals surface area contributed by atoms with E-state index < -0.39 is 28.6 Å². The van der Waals surface area contributed by atoms with Gasteiger partial charge in [-0.25, -0.2) is 4.79 Å². The van der Waals surface area contributed by atoms with Gasteiger partial charge in [0.25, 0.3) is 11.6 Å². The van der Waals surface area contributed by atoms with Gasteiger partial charge in [-0.1, -0.05) is 26.7 Å². The number of hydrogen-bond acceptors (Lipinski definition) is 7. The van der Waals surface area contributed by atoms with Crippen LogP contribution in [0.5, 0.6) is 11.5 Å². The molecule has 30 heavy (non-hydrogen) atoms. The van der Waals surface area contributed by atoms with E-state index in [2.05, 4.69) is 19.2 Å². The van der Waals surface area contributed by atoms with E-state index in [1.54, 1.807) is 6.92 Å². The molecule has 1 aliphatic rings. The Morgan fingerprint density at radius 1 is 1.27 bits per heavy atom. The average Bonchev–Trinajstić information content (AvgIpc) is 2.71. The first-order chi connectivity index (χ1) is 14.2. The molecule has 1 saturated carbocycles. The maximum Gasteiger partial charge on any atom is 0.346 e. The number of rotatable bonds is 8. The van der Waals surface area contributed by atoms with Crippen molar-refractivity contribution in [2.45, 2.75) is 59.1 Å². The topological polar surface area (TPSA) is 117 Å². The molecule has 0 aromatic heterocycles. The monoisotopic (exact) mass is 422 g/mol. The second kappa shape index (κ2) is 10.3. The van der Waals surface area contributed by atoms with Crippen LogP contribution < -0.4 is 14.8 Å². The Hall–Kier alpha value is -2.84. The lowest BCUT2D eigenvalue weighted by Crippen LogP contribution is -2.47. The summed E-state index contributed by atoms with van der Waals surface area (Å²) in [7, 11) is 1.36. The molecular formula is C21H30N2O7. The molecule has 0 spiro atoms. The summed E-state index contributed by atoms with van der Waals surface area (Å²) >= 11 is 0. The second-order valence-electron chi connectivity index (χ2n) is 7.64. The third-order valence-electron chi connectivity index (χ3n) is 5.69. The SMILES string of the molecule is CCOc1cc([N+](=O)[O-])c(C(=O)O[C@@H](C)C(=O)N[C@@H]2CCC[C@H](C)[C@@H]2C)cc1OC. The van der Waals surface area contributed by atoms with Gasteiger partial charge in [-0.05, 0) is 32.1 Å². The van der Waals surface area contributed by atoms with E-state index in [1.807, 2.05) is 0 Å². The quantitative estimate of drug-likeness (QED) is 0.387. The largest absolute Gasteiger partial charge is 0.493 e. The molecule has 1 fully saturated rings. The summed E-state index contributed by atoms with van der Waals surface area (Å²) in [6, 6.07) is 2.33. The molecule has 1 aromatic rings. The van der Waals surface area contributed by atoms with Crippen molar-refractivity contribution in [3.8, 4) is 11.5 Å². The first-order valence-electron chi connectivity index (χ1n) is 10.2. The predicted octanol–water partition coefficient (Wildman–Crippen LogP) is 3.49. The van der Waals surface area contributed by atoms with Crippen molar-refractivity contribution in [2.24, 2.45) is 11.8 Å². The standard InChI is InChI=1S/C21H30N2O7/c1-6-29-19-11-17(23(26)27)15(10-18(19)28-5)21(25)30-14(4)20(24)22-16-9-7-8-12(2)13(16)3/h10-14,16H,6-9H2,1-5H3,(H,22,24)/t12-,13-,14-,16+/m0/s1. The molecule has 0 saturated heterocycles. The summed E-state index contributed by atoms with van der Waals surface area (Å²) in [5, 5.41) is 14.4. The Morgan fingerprint density at radius 2 is 1.97 bits per heavy atom. The maximum absolute atomic E-state index is 12.6. The fourth-order valence-corrected chi connectivity index (χ4v) is 3.65. The van der Waals surface area contributed by atoms with Crippen LogP contribution in [0.4, 0.5) is 5.69 Å². The summed E-state index contributed by atoms with van der Waals surface area (Å²) < 4.78 is 15.7. The zero-order valence-corrected chi connectivity index (χ0v) is 18.1. The van der Waals surface area contributed by atoms with Crippen molar-refractivity contribution < 1.29 is 28.7 Å². The number of nitro groups is 1. The Kier molecular flexibility index (Phi) is 8.02. The number of nitro benzene ring substituents is 1. The van der Waals surface area contributed by atoms with Gasteiger partial charge in [0.1, 0.15) is 5.56 Å².